The molecule has 0 fully saturated rings. The molecule has 0 aromatic heterocycles. The molecule has 2 aromatic rings. The first-order chi connectivity index (χ1) is 9.95. The third-order valence-electron chi connectivity index (χ3n) is 2.81. The molecule has 0 saturated heterocycles. The van der Waals surface area contributed by atoms with E-state index in [1.54, 1.807) is 0 Å². The zero-order chi connectivity index (χ0) is 15.0. The lowest BCUT2D eigenvalue weighted by Gasteiger charge is -2.09. The van der Waals surface area contributed by atoms with Crippen LogP contribution < -0.4 is 14.2 Å². The van der Waals surface area contributed by atoms with Gasteiger partial charge in [-0.25, -0.2) is 17.2 Å². The third-order valence-corrected chi connectivity index (χ3v) is 4.20. The summed E-state index contributed by atoms with van der Waals surface area (Å²) >= 11 is 0. The SMILES string of the molecule is O=S(=O)(Nc1ccc2c(c1)OCO2)c1cc(F)ccc1F. The van der Waals surface area contributed by atoms with Crippen LogP contribution in [0.15, 0.2) is 41.3 Å². The number of hydrogen-bond donors (Lipinski definition) is 1. The summed E-state index contributed by atoms with van der Waals surface area (Å²) in [7, 11) is -4.25. The second-order valence-corrected chi connectivity index (χ2v) is 5.90. The molecule has 1 aliphatic heterocycles. The summed E-state index contributed by atoms with van der Waals surface area (Å²) in [6, 6.07) is 6.56. The minimum atomic E-state index is -4.25. The molecular formula is C13H9F2NO4S. The van der Waals surface area contributed by atoms with Gasteiger partial charge in [0, 0.05) is 6.07 Å². The van der Waals surface area contributed by atoms with Gasteiger partial charge < -0.3 is 9.47 Å². The quantitative estimate of drug-likeness (QED) is 0.945. The van der Waals surface area contributed by atoms with Gasteiger partial charge in [-0.3, -0.25) is 4.72 Å². The Balaban J connectivity index is 1.94. The number of sulfonamides is 1. The van der Waals surface area contributed by atoms with E-state index >= 15 is 0 Å². The molecule has 1 aliphatic rings. The van der Waals surface area contributed by atoms with Crippen LogP contribution in [0.4, 0.5) is 14.5 Å². The van der Waals surface area contributed by atoms with Crippen LogP contribution >= 0.6 is 0 Å². The number of nitrogens with one attached hydrogen (secondary N) is 1. The number of rotatable bonds is 3. The van der Waals surface area contributed by atoms with Gasteiger partial charge in [0.1, 0.15) is 16.5 Å². The van der Waals surface area contributed by atoms with Crippen molar-refractivity contribution in [2.24, 2.45) is 0 Å². The van der Waals surface area contributed by atoms with E-state index < -0.39 is 26.6 Å². The molecule has 0 amide bonds. The summed E-state index contributed by atoms with van der Waals surface area (Å²) in [5.41, 5.74) is 0.155. The summed E-state index contributed by atoms with van der Waals surface area (Å²) in [6.45, 7) is 0.0457. The fourth-order valence-electron chi connectivity index (χ4n) is 1.85. The van der Waals surface area contributed by atoms with Crippen molar-refractivity contribution >= 4 is 15.7 Å². The zero-order valence-corrected chi connectivity index (χ0v) is 11.3. The van der Waals surface area contributed by atoms with Gasteiger partial charge in [0.2, 0.25) is 6.79 Å². The number of benzene rings is 2. The maximum Gasteiger partial charge on any atom is 0.264 e. The molecule has 1 N–H and O–H groups in total. The minimum Gasteiger partial charge on any atom is -0.454 e. The fraction of sp³-hybridized carbons (Fsp3) is 0.0769. The van der Waals surface area contributed by atoms with E-state index in [2.05, 4.69) is 4.72 Å². The molecular weight excluding hydrogens is 304 g/mol. The molecule has 0 atom stereocenters. The number of halogens is 2. The van der Waals surface area contributed by atoms with Gasteiger partial charge in [-0.2, -0.15) is 0 Å². The van der Waals surface area contributed by atoms with Crippen molar-refractivity contribution in [3.63, 3.8) is 0 Å². The summed E-state index contributed by atoms with van der Waals surface area (Å²) in [5, 5.41) is 0. The Bertz CT molecular complexity index is 808. The number of fused-ring (bicyclic) bond motifs is 1. The number of hydrogen-bond acceptors (Lipinski definition) is 4. The van der Waals surface area contributed by atoms with Crippen LogP contribution in [-0.2, 0) is 10.0 Å². The Labute approximate surface area is 119 Å². The van der Waals surface area contributed by atoms with Gasteiger partial charge in [-0.05, 0) is 30.3 Å². The molecule has 0 spiro atoms. The number of ether oxygens (including phenoxy) is 2. The Morgan fingerprint density at radius 3 is 2.57 bits per heavy atom. The lowest BCUT2D eigenvalue weighted by Crippen LogP contribution is -2.14. The summed E-state index contributed by atoms with van der Waals surface area (Å²) in [6.07, 6.45) is 0. The van der Waals surface area contributed by atoms with Crippen LogP contribution in [0, 0.1) is 11.6 Å². The van der Waals surface area contributed by atoms with E-state index in [1.807, 2.05) is 0 Å². The van der Waals surface area contributed by atoms with Gasteiger partial charge in [-0.15, -0.1) is 0 Å². The van der Waals surface area contributed by atoms with Crippen molar-refractivity contribution in [1.82, 2.24) is 0 Å². The first-order valence-electron chi connectivity index (χ1n) is 5.83. The predicted octanol–water partition coefficient (Wildman–Crippen LogP) is 2.49. The van der Waals surface area contributed by atoms with E-state index in [0.29, 0.717) is 17.6 Å². The van der Waals surface area contributed by atoms with Gasteiger partial charge >= 0.3 is 0 Å². The van der Waals surface area contributed by atoms with Crippen LogP contribution in [0.5, 0.6) is 11.5 Å². The van der Waals surface area contributed by atoms with Gasteiger partial charge in [0.05, 0.1) is 5.69 Å². The average molecular weight is 313 g/mol. The Morgan fingerprint density at radius 2 is 1.76 bits per heavy atom. The molecule has 21 heavy (non-hydrogen) atoms. The Hall–Kier alpha value is -2.35. The molecule has 2 aromatic carbocycles. The lowest BCUT2D eigenvalue weighted by atomic mass is 10.3. The zero-order valence-electron chi connectivity index (χ0n) is 10.5. The van der Waals surface area contributed by atoms with Crippen LogP contribution in [-0.4, -0.2) is 15.2 Å². The van der Waals surface area contributed by atoms with Crippen molar-refractivity contribution in [3.05, 3.63) is 48.0 Å². The minimum absolute atomic E-state index is 0.0457. The summed E-state index contributed by atoms with van der Waals surface area (Å²) in [5.74, 6) is -1.03. The molecule has 0 unspecified atom stereocenters. The lowest BCUT2D eigenvalue weighted by molar-refractivity contribution is 0.174. The van der Waals surface area contributed by atoms with E-state index in [9.17, 15) is 17.2 Å². The van der Waals surface area contributed by atoms with Crippen molar-refractivity contribution in [3.8, 4) is 11.5 Å². The molecule has 0 saturated carbocycles. The molecule has 8 heteroatoms. The molecule has 0 aliphatic carbocycles. The Morgan fingerprint density at radius 1 is 1.00 bits per heavy atom. The maximum absolute atomic E-state index is 13.6. The normalized spacial score (nSPS) is 13.2. The van der Waals surface area contributed by atoms with Crippen LogP contribution in [0.3, 0.4) is 0 Å². The first kappa shape index (κ1) is 13.6. The molecule has 110 valence electrons. The second kappa shape index (κ2) is 4.88. The highest BCUT2D eigenvalue weighted by atomic mass is 32.2. The monoisotopic (exact) mass is 313 g/mol. The van der Waals surface area contributed by atoms with Crippen LogP contribution in [0.1, 0.15) is 0 Å². The molecule has 5 nitrogen and oxygen atoms in total. The van der Waals surface area contributed by atoms with Gasteiger partial charge in [0.15, 0.2) is 11.5 Å². The highest BCUT2D eigenvalue weighted by molar-refractivity contribution is 7.92. The highest BCUT2D eigenvalue weighted by Crippen LogP contribution is 2.34. The maximum atomic E-state index is 13.6. The van der Waals surface area contributed by atoms with Crippen molar-refractivity contribution in [2.45, 2.75) is 4.90 Å². The van der Waals surface area contributed by atoms with E-state index in [-0.39, 0.29) is 12.5 Å². The standard InChI is InChI=1S/C13H9F2NO4S/c14-8-1-3-10(15)13(5-8)21(17,18)16-9-2-4-11-12(6-9)20-7-19-11/h1-6,16H,7H2. The topological polar surface area (TPSA) is 64.6 Å². The van der Waals surface area contributed by atoms with Crippen molar-refractivity contribution in [2.75, 3.05) is 11.5 Å². The summed E-state index contributed by atoms with van der Waals surface area (Å²) in [4.78, 5) is -0.764. The van der Waals surface area contributed by atoms with Crippen molar-refractivity contribution in [1.29, 1.82) is 0 Å². The molecule has 0 bridgehead atoms. The highest BCUT2D eigenvalue weighted by Gasteiger charge is 2.21. The Kier molecular flexibility index (Phi) is 3.17. The molecule has 3 rings (SSSR count). The largest absolute Gasteiger partial charge is 0.454 e. The average Bonchev–Trinajstić information content (AvgIpc) is 2.88. The second-order valence-electron chi connectivity index (χ2n) is 4.25. The van der Waals surface area contributed by atoms with Crippen LogP contribution in [0.2, 0.25) is 0 Å². The van der Waals surface area contributed by atoms with Gasteiger partial charge in [-0.1, -0.05) is 0 Å². The van der Waals surface area contributed by atoms with Crippen molar-refractivity contribution < 1.29 is 26.7 Å². The summed E-state index contributed by atoms with van der Waals surface area (Å²) < 4.78 is 63.2. The number of anilines is 1. The third kappa shape index (κ3) is 2.62. The van der Waals surface area contributed by atoms with Gasteiger partial charge in [0.25, 0.3) is 10.0 Å². The van der Waals surface area contributed by atoms with E-state index in [4.69, 9.17) is 9.47 Å². The molecule has 0 radical (unpaired) electrons. The first-order valence-corrected chi connectivity index (χ1v) is 7.31. The molecule has 1 heterocycles. The smallest absolute Gasteiger partial charge is 0.264 e. The van der Waals surface area contributed by atoms with Crippen LogP contribution in [0.25, 0.3) is 0 Å². The van der Waals surface area contributed by atoms with E-state index in [1.165, 1.54) is 18.2 Å². The predicted molar refractivity (Wildman–Crippen MR) is 69.7 cm³/mol. The van der Waals surface area contributed by atoms with E-state index in [0.717, 1.165) is 12.1 Å². The fourth-order valence-corrected chi connectivity index (χ4v) is 2.99.